The number of fused-ring (bicyclic) bond motifs is 1. The monoisotopic (exact) mass is 390 g/mol. The number of phenols is 2. The second-order valence-electron chi connectivity index (χ2n) is 7.43. The zero-order chi connectivity index (χ0) is 20.4. The van der Waals surface area contributed by atoms with E-state index in [2.05, 4.69) is 23.6 Å². The van der Waals surface area contributed by atoms with Crippen molar-refractivity contribution in [2.45, 2.75) is 19.9 Å². The van der Waals surface area contributed by atoms with Crippen LogP contribution in [0.1, 0.15) is 12.0 Å². The van der Waals surface area contributed by atoms with E-state index >= 15 is 0 Å². The van der Waals surface area contributed by atoms with Crippen LogP contribution in [0.4, 0.5) is 0 Å². The zero-order valence-corrected chi connectivity index (χ0v) is 16.5. The van der Waals surface area contributed by atoms with Crippen LogP contribution >= 0.6 is 0 Å². The van der Waals surface area contributed by atoms with Gasteiger partial charge in [-0.3, -0.25) is 0 Å². The molecule has 3 aromatic rings. The highest BCUT2D eigenvalue weighted by Gasteiger charge is 2.19. The first kappa shape index (κ1) is 19.2. The molecule has 0 aliphatic heterocycles. The third-order valence-electron chi connectivity index (χ3n) is 5.40. The van der Waals surface area contributed by atoms with Crippen LogP contribution in [0, 0.1) is 12.8 Å². The summed E-state index contributed by atoms with van der Waals surface area (Å²) in [5.41, 5.74) is 9.86. The molecule has 1 atom stereocenters. The van der Waals surface area contributed by atoms with E-state index < -0.39 is 0 Å². The SMILES string of the molecule is Cc1c(-c2ccc(O)cc2)n(CC2C=CC(OCCN)=CC2)c2ccc(O)cc12. The summed E-state index contributed by atoms with van der Waals surface area (Å²) in [6.07, 6.45) is 7.22. The Morgan fingerprint density at radius 3 is 2.55 bits per heavy atom. The van der Waals surface area contributed by atoms with Gasteiger partial charge in [0.05, 0.1) is 5.69 Å². The molecule has 5 nitrogen and oxygen atoms in total. The Kier molecular flexibility index (Phi) is 5.32. The summed E-state index contributed by atoms with van der Waals surface area (Å²) >= 11 is 0. The highest BCUT2D eigenvalue weighted by atomic mass is 16.5. The Bertz CT molecular complexity index is 1080. The number of aryl methyl sites for hydroxylation is 1. The van der Waals surface area contributed by atoms with E-state index in [1.807, 2.05) is 30.3 Å². The predicted molar refractivity (Wildman–Crippen MR) is 116 cm³/mol. The van der Waals surface area contributed by atoms with Crippen molar-refractivity contribution >= 4 is 10.9 Å². The van der Waals surface area contributed by atoms with Crippen LogP contribution in [-0.4, -0.2) is 27.9 Å². The van der Waals surface area contributed by atoms with Crippen molar-refractivity contribution in [2.75, 3.05) is 13.2 Å². The standard InChI is InChI=1S/C24H26N2O3/c1-16-22-14-20(28)8-11-23(22)26(24(16)18-4-6-19(27)7-5-18)15-17-2-9-21(10-3-17)29-13-12-25/h2,4-11,14,17,27-28H,3,12-13,15,25H2,1H3. The number of hydrogen-bond acceptors (Lipinski definition) is 4. The number of ether oxygens (including phenoxy) is 1. The van der Waals surface area contributed by atoms with Crippen molar-refractivity contribution in [1.29, 1.82) is 0 Å². The maximum absolute atomic E-state index is 10.00. The highest BCUT2D eigenvalue weighted by molar-refractivity contribution is 5.92. The van der Waals surface area contributed by atoms with Crippen LogP contribution in [-0.2, 0) is 11.3 Å². The summed E-state index contributed by atoms with van der Waals surface area (Å²) in [5, 5.41) is 20.7. The Hall–Kier alpha value is -3.18. The molecule has 29 heavy (non-hydrogen) atoms. The van der Waals surface area contributed by atoms with Gasteiger partial charge in [-0.25, -0.2) is 0 Å². The summed E-state index contributed by atoms with van der Waals surface area (Å²) in [4.78, 5) is 0. The lowest BCUT2D eigenvalue weighted by molar-refractivity contribution is 0.230. The number of rotatable bonds is 6. The van der Waals surface area contributed by atoms with Crippen LogP contribution in [0.15, 0.2) is 66.5 Å². The number of nitrogens with two attached hydrogens (primary N) is 1. The van der Waals surface area contributed by atoms with Gasteiger partial charge in [0.25, 0.3) is 0 Å². The lowest BCUT2D eigenvalue weighted by Gasteiger charge is -2.20. The van der Waals surface area contributed by atoms with Crippen molar-refractivity contribution < 1.29 is 14.9 Å². The van der Waals surface area contributed by atoms with Gasteiger partial charge >= 0.3 is 0 Å². The summed E-state index contributed by atoms with van der Waals surface area (Å²) < 4.78 is 7.92. The minimum absolute atomic E-state index is 0.247. The summed E-state index contributed by atoms with van der Waals surface area (Å²) in [7, 11) is 0. The zero-order valence-electron chi connectivity index (χ0n) is 16.5. The molecule has 1 heterocycles. The van der Waals surface area contributed by atoms with Crippen LogP contribution < -0.4 is 5.73 Å². The largest absolute Gasteiger partial charge is 0.508 e. The number of nitrogens with zero attached hydrogens (tertiary/aromatic N) is 1. The Morgan fingerprint density at radius 1 is 1.10 bits per heavy atom. The van der Waals surface area contributed by atoms with Crippen molar-refractivity contribution in [3.05, 3.63) is 72.0 Å². The van der Waals surface area contributed by atoms with E-state index in [1.54, 1.807) is 18.2 Å². The smallest absolute Gasteiger partial charge is 0.116 e. The third-order valence-corrected chi connectivity index (χ3v) is 5.40. The Morgan fingerprint density at radius 2 is 1.86 bits per heavy atom. The van der Waals surface area contributed by atoms with Crippen molar-refractivity contribution in [2.24, 2.45) is 11.7 Å². The lowest BCUT2D eigenvalue weighted by Crippen LogP contribution is -2.13. The van der Waals surface area contributed by atoms with Gasteiger partial charge < -0.3 is 25.3 Å². The molecule has 4 rings (SSSR count). The topological polar surface area (TPSA) is 80.6 Å². The third kappa shape index (κ3) is 3.87. The number of hydrogen-bond donors (Lipinski definition) is 3. The average molecular weight is 390 g/mol. The van der Waals surface area contributed by atoms with E-state index in [1.165, 1.54) is 0 Å². The molecule has 4 N–H and O–H groups in total. The molecule has 5 heteroatoms. The quantitative estimate of drug-likeness (QED) is 0.580. The van der Waals surface area contributed by atoms with Gasteiger partial charge in [-0.1, -0.05) is 6.08 Å². The summed E-state index contributed by atoms with van der Waals surface area (Å²) in [5.74, 6) is 1.72. The molecule has 0 spiro atoms. The lowest BCUT2D eigenvalue weighted by atomic mass is 9.99. The molecule has 0 bridgehead atoms. The van der Waals surface area contributed by atoms with Crippen LogP contribution in [0.3, 0.4) is 0 Å². The second kappa shape index (κ2) is 8.05. The molecular weight excluding hydrogens is 364 g/mol. The normalized spacial score (nSPS) is 16.2. The summed E-state index contributed by atoms with van der Waals surface area (Å²) in [6, 6.07) is 12.8. The van der Waals surface area contributed by atoms with E-state index in [9.17, 15) is 10.2 Å². The van der Waals surface area contributed by atoms with Crippen molar-refractivity contribution in [1.82, 2.24) is 4.57 Å². The Labute approximate surface area is 170 Å². The first-order valence-electron chi connectivity index (χ1n) is 9.89. The van der Waals surface area contributed by atoms with Gasteiger partial charge in [-0.2, -0.15) is 0 Å². The molecule has 0 radical (unpaired) electrons. The van der Waals surface area contributed by atoms with Crippen LogP contribution in [0.25, 0.3) is 22.2 Å². The van der Waals surface area contributed by atoms with Crippen LogP contribution in [0.2, 0.25) is 0 Å². The first-order chi connectivity index (χ1) is 14.1. The average Bonchev–Trinajstić information content (AvgIpc) is 2.99. The molecule has 1 unspecified atom stereocenters. The van der Waals surface area contributed by atoms with Crippen LogP contribution in [0.5, 0.6) is 11.5 Å². The molecule has 1 aliphatic rings. The van der Waals surface area contributed by atoms with Crippen molar-refractivity contribution in [3.63, 3.8) is 0 Å². The Balaban J connectivity index is 1.72. The maximum Gasteiger partial charge on any atom is 0.116 e. The summed E-state index contributed by atoms with van der Waals surface area (Å²) in [6.45, 7) is 3.92. The second-order valence-corrected chi connectivity index (χ2v) is 7.43. The van der Waals surface area contributed by atoms with Gasteiger partial charge in [0, 0.05) is 24.0 Å². The molecule has 1 aromatic heterocycles. The number of aromatic nitrogens is 1. The molecular formula is C24H26N2O3. The maximum atomic E-state index is 10.00. The molecule has 2 aromatic carbocycles. The molecule has 150 valence electrons. The number of allylic oxidation sites excluding steroid dienone is 3. The molecule has 0 saturated carbocycles. The number of aromatic hydroxyl groups is 2. The van der Waals surface area contributed by atoms with Gasteiger partial charge in [0.1, 0.15) is 23.9 Å². The fourth-order valence-electron chi connectivity index (χ4n) is 3.99. The molecule has 1 aliphatic carbocycles. The number of benzene rings is 2. The minimum Gasteiger partial charge on any atom is -0.508 e. The van der Waals surface area contributed by atoms with E-state index in [0.29, 0.717) is 19.1 Å². The highest BCUT2D eigenvalue weighted by Crippen LogP contribution is 2.36. The first-order valence-corrected chi connectivity index (χ1v) is 9.89. The van der Waals surface area contributed by atoms with Crippen molar-refractivity contribution in [3.8, 4) is 22.8 Å². The fourth-order valence-corrected chi connectivity index (χ4v) is 3.99. The van der Waals surface area contributed by atoms with Gasteiger partial charge in [-0.05, 0) is 85.0 Å². The number of phenolic OH excluding ortho intramolecular Hbond substituents is 2. The van der Waals surface area contributed by atoms with Gasteiger partial charge in [-0.15, -0.1) is 0 Å². The van der Waals surface area contributed by atoms with E-state index in [-0.39, 0.29) is 11.5 Å². The minimum atomic E-state index is 0.247. The molecule has 0 fully saturated rings. The van der Waals surface area contributed by atoms with E-state index in [4.69, 9.17) is 10.5 Å². The van der Waals surface area contributed by atoms with Gasteiger partial charge in [0.15, 0.2) is 0 Å². The van der Waals surface area contributed by atoms with E-state index in [0.717, 1.165) is 46.4 Å². The fraction of sp³-hybridized carbons (Fsp3) is 0.250. The molecule has 0 saturated heterocycles. The van der Waals surface area contributed by atoms with Gasteiger partial charge in [0.2, 0.25) is 0 Å². The predicted octanol–water partition coefficient (Wildman–Crippen LogP) is 4.46. The molecule has 0 amide bonds.